The van der Waals surface area contributed by atoms with E-state index in [9.17, 15) is 35.7 Å². The van der Waals surface area contributed by atoms with E-state index in [0.717, 1.165) is 0 Å². The fourth-order valence-corrected chi connectivity index (χ4v) is 4.40. The molecule has 226 valence electrons. The summed E-state index contributed by atoms with van der Waals surface area (Å²) in [6.45, 7) is -0.763. The summed E-state index contributed by atoms with van der Waals surface area (Å²) in [5.41, 5.74) is 23.5. The van der Waals surface area contributed by atoms with Gasteiger partial charge in [-0.15, -0.1) is 0 Å². The molecule has 6 unspecified atom stereocenters. The molecule has 0 spiro atoms. The van der Waals surface area contributed by atoms with E-state index in [1.54, 1.807) is 0 Å². The molecule has 20 heteroatoms. The lowest BCUT2D eigenvalue weighted by Crippen LogP contribution is -2.68. The Morgan fingerprint density at radius 2 is 1.16 bits per heavy atom. The van der Waals surface area contributed by atoms with E-state index in [2.05, 4.69) is 0 Å². The summed E-state index contributed by atoms with van der Waals surface area (Å²) in [5, 5.41) is 70.9. The van der Waals surface area contributed by atoms with Crippen LogP contribution in [0.3, 0.4) is 0 Å². The summed E-state index contributed by atoms with van der Waals surface area (Å²) >= 11 is 0. The average Bonchev–Trinajstić information content (AvgIpc) is 2.83. The molecule has 2 saturated heterocycles. The third kappa shape index (κ3) is 8.15. The van der Waals surface area contributed by atoms with Gasteiger partial charge in [-0.05, 0) is 6.42 Å². The monoisotopic (exact) mass is 582 g/mol. The van der Waals surface area contributed by atoms with Gasteiger partial charge in [-0.2, -0.15) is 8.42 Å². The van der Waals surface area contributed by atoms with Crippen molar-refractivity contribution in [2.24, 2.45) is 22.9 Å². The Balaban J connectivity index is 0.000000926. The zero-order valence-electron chi connectivity index (χ0n) is 20.0. The van der Waals surface area contributed by atoms with Crippen LogP contribution in [0.25, 0.3) is 0 Å². The number of aliphatic hydroxyl groups excluding tert-OH is 7. The molecule has 1 aliphatic carbocycles. The Bertz CT molecular complexity index is 783. The Labute approximate surface area is 217 Å². The van der Waals surface area contributed by atoms with Crippen LogP contribution in [-0.2, 0) is 29.3 Å². The van der Waals surface area contributed by atoms with Crippen LogP contribution in [-0.4, -0.2) is 158 Å². The van der Waals surface area contributed by atoms with Crippen LogP contribution in [0.4, 0.5) is 0 Å². The first-order valence-electron chi connectivity index (χ1n) is 11.5. The first-order chi connectivity index (χ1) is 17.5. The van der Waals surface area contributed by atoms with Crippen molar-refractivity contribution in [3.63, 3.8) is 0 Å². The highest BCUT2D eigenvalue weighted by Gasteiger charge is 2.51. The lowest BCUT2D eigenvalue weighted by molar-refractivity contribution is -0.332. The van der Waals surface area contributed by atoms with Crippen molar-refractivity contribution >= 4 is 10.4 Å². The maximum Gasteiger partial charge on any atom is 0.394 e. The zero-order valence-corrected chi connectivity index (χ0v) is 20.8. The normalized spacial score (nSPS) is 48.2. The van der Waals surface area contributed by atoms with E-state index in [0.29, 0.717) is 0 Å². The summed E-state index contributed by atoms with van der Waals surface area (Å²) in [6.07, 6.45) is -16.5. The molecule has 0 amide bonds. The number of nitrogens with two attached hydrogens (primary N) is 4. The van der Waals surface area contributed by atoms with Gasteiger partial charge in [-0.1, -0.05) is 0 Å². The van der Waals surface area contributed by atoms with Crippen LogP contribution in [0.5, 0.6) is 0 Å². The minimum atomic E-state index is -4.67. The number of ether oxygens (including phenoxy) is 4. The van der Waals surface area contributed by atoms with Gasteiger partial charge in [0.15, 0.2) is 12.6 Å². The minimum Gasteiger partial charge on any atom is -0.394 e. The SMILES string of the molecule is NCC1O[C@@H](O[C@H]2C(O)C(O[C@@H]3OC(CO)[C@H](O)[C@H](N)C3O)[C@@H](N)C[C@H]2N)C(O)[C@@H](O)[C@H]1O.O=S(=O)(O)O. The van der Waals surface area contributed by atoms with Gasteiger partial charge in [0.25, 0.3) is 0 Å². The van der Waals surface area contributed by atoms with Crippen LogP contribution in [0.1, 0.15) is 6.42 Å². The van der Waals surface area contributed by atoms with Crippen LogP contribution in [0, 0.1) is 0 Å². The van der Waals surface area contributed by atoms with Crippen LogP contribution >= 0.6 is 0 Å². The van der Waals surface area contributed by atoms with E-state index in [-0.39, 0.29) is 13.0 Å². The molecule has 0 aromatic rings. The highest BCUT2D eigenvalue weighted by molar-refractivity contribution is 7.79. The molecule has 15 atom stereocenters. The van der Waals surface area contributed by atoms with Crippen molar-refractivity contribution in [1.29, 1.82) is 0 Å². The summed E-state index contributed by atoms with van der Waals surface area (Å²) in [7, 11) is -4.67. The van der Waals surface area contributed by atoms with Crippen molar-refractivity contribution < 1.29 is 72.2 Å². The summed E-state index contributed by atoms with van der Waals surface area (Å²) in [6, 6.07) is -2.86. The van der Waals surface area contributed by atoms with Gasteiger partial charge in [0.1, 0.15) is 61.0 Å². The quantitative estimate of drug-likeness (QED) is 0.129. The largest absolute Gasteiger partial charge is 0.394 e. The number of hydrogen-bond donors (Lipinski definition) is 13. The molecule has 2 aliphatic heterocycles. The molecule has 0 aromatic heterocycles. The third-order valence-corrected chi connectivity index (χ3v) is 6.48. The van der Waals surface area contributed by atoms with Crippen molar-refractivity contribution in [3.05, 3.63) is 0 Å². The molecular formula is C18H38N4O15S. The van der Waals surface area contributed by atoms with Crippen LogP contribution in [0.15, 0.2) is 0 Å². The molecule has 3 fully saturated rings. The predicted molar refractivity (Wildman–Crippen MR) is 122 cm³/mol. The van der Waals surface area contributed by atoms with Gasteiger partial charge in [0.05, 0.1) is 12.6 Å². The van der Waals surface area contributed by atoms with Crippen molar-refractivity contribution in [2.75, 3.05) is 13.2 Å². The van der Waals surface area contributed by atoms with Crippen LogP contribution in [0.2, 0.25) is 0 Å². The Morgan fingerprint density at radius 3 is 1.61 bits per heavy atom. The second kappa shape index (κ2) is 13.8. The lowest BCUT2D eigenvalue weighted by atomic mass is 9.84. The van der Waals surface area contributed by atoms with Crippen molar-refractivity contribution in [1.82, 2.24) is 0 Å². The first-order valence-corrected chi connectivity index (χ1v) is 12.9. The maximum absolute atomic E-state index is 10.9. The average molecular weight is 583 g/mol. The topological polar surface area (TPSA) is 357 Å². The van der Waals surface area contributed by atoms with E-state index in [1.165, 1.54) is 0 Å². The summed E-state index contributed by atoms with van der Waals surface area (Å²) in [4.78, 5) is 0. The number of hydrogen-bond acceptors (Lipinski definition) is 17. The first kappa shape index (κ1) is 33.5. The van der Waals surface area contributed by atoms with E-state index >= 15 is 0 Å². The Kier molecular flexibility index (Phi) is 12.1. The third-order valence-electron chi connectivity index (χ3n) is 6.48. The molecule has 38 heavy (non-hydrogen) atoms. The van der Waals surface area contributed by atoms with Gasteiger partial charge < -0.3 is 77.6 Å². The van der Waals surface area contributed by atoms with E-state index in [1.807, 2.05) is 0 Å². The maximum atomic E-state index is 10.9. The van der Waals surface area contributed by atoms with Gasteiger partial charge >= 0.3 is 10.4 Å². The standard InChI is InChI=1S/C18H36N4O11.H2O4S/c19-2-6-10(25)12(27)13(28)18(30-6)33-16-5(21)1-4(20)15(14(16)29)32-17-11(26)8(22)9(24)7(3-23)31-17;1-5(2,3)4/h4-18,23-29H,1-3,19-22H2;(H2,1,2,3,4)/t4-,5+,6?,7?,8-,9-,10-,11?,12-,13?,14?,15?,16+,17-,18-;/m0./s1. The number of aliphatic hydroxyl groups is 7. The molecule has 19 nitrogen and oxygen atoms in total. The number of rotatable bonds is 6. The van der Waals surface area contributed by atoms with Crippen molar-refractivity contribution in [3.8, 4) is 0 Å². The molecule has 2 heterocycles. The lowest BCUT2D eigenvalue weighted by Gasteiger charge is -2.48. The molecule has 1 saturated carbocycles. The zero-order chi connectivity index (χ0) is 29.1. The Hall–Kier alpha value is -0.730. The van der Waals surface area contributed by atoms with Gasteiger partial charge in [0, 0.05) is 18.6 Å². The smallest absolute Gasteiger partial charge is 0.394 e. The molecule has 0 bridgehead atoms. The van der Waals surface area contributed by atoms with E-state index in [4.69, 9.17) is 59.4 Å². The molecular weight excluding hydrogens is 544 g/mol. The van der Waals surface area contributed by atoms with Gasteiger partial charge in [-0.25, -0.2) is 0 Å². The fraction of sp³-hybridized carbons (Fsp3) is 1.00. The fourth-order valence-electron chi connectivity index (χ4n) is 4.40. The van der Waals surface area contributed by atoms with E-state index < -0.39 is 109 Å². The Morgan fingerprint density at radius 1 is 0.711 bits per heavy atom. The van der Waals surface area contributed by atoms with Crippen molar-refractivity contribution in [2.45, 2.75) is 98.2 Å². The minimum absolute atomic E-state index is 0.0849. The summed E-state index contributed by atoms with van der Waals surface area (Å²) < 4.78 is 53.8. The molecule has 0 aromatic carbocycles. The second-order valence-electron chi connectivity index (χ2n) is 9.24. The predicted octanol–water partition coefficient (Wildman–Crippen LogP) is -7.94. The van der Waals surface area contributed by atoms with Gasteiger partial charge in [0.2, 0.25) is 0 Å². The molecule has 3 rings (SSSR count). The highest BCUT2D eigenvalue weighted by Crippen LogP contribution is 2.31. The summed E-state index contributed by atoms with van der Waals surface area (Å²) in [5.74, 6) is 0. The van der Waals surface area contributed by atoms with Gasteiger partial charge in [-0.3, -0.25) is 9.11 Å². The molecule has 3 aliphatic rings. The van der Waals surface area contributed by atoms with Crippen LogP contribution < -0.4 is 22.9 Å². The molecule has 17 N–H and O–H groups in total. The second-order valence-corrected chi connectivity index (χ2v) is 10.1. The highest BCUT2D eigenvalue weighted by atomic mass is 32.3. The molecule has 0 radical (unpaired) electrons.